The number of thiophene rings is 1. The second-order valence-electron chi connectivity index (χ2n) is 5.65. The van der Waals surface area contributed by atoms with Gasteiger partial charge in [0.25, 0.3) is 5.89 Å². The molecule has 6 nitrogen and oxygen atoms in total. The van der Waals surface area contributed by atoms with Crippen molar-refractivity contribution in [2.75, 3.05) is 39.3 Å². The Kier molecular flexibility index (Phi) is 3.72. The SMILES string of the molecule is c1cc(-c2nc(CN3CCN(C4CNC4)CC3)no2)cs1. The zero-order chi connectivity index (χ0) is 14.1. The second-order valence-corrected chi connectivity index (χ2v) is 6.43. The molecule has 2 aromatic rings. The van der Waals surface area contributed by atoms with E-state index in [1.165, 1.54) is 0 Å². The Bertz CT molecular complexity index is 572. The third kappa shape index (κ3) is 2.87. The summed E-state index contributed by atoms with van der Waals surface area (Å²) in [4.78, 5) is 9.48. The fourth-order valence-corrected chi connectivity index (χ4v) is 3.47. The molecule has 0 atom stereocenters. The lowest BCUT2D eigenvalue weighted by Crippen LogP contribution is -2.61. The summed E-state index contributed by atoms with van der Waals surface area (Å²) in [5.41, 5.74) is 1.01. The summed E-state index contributed by atoms with van der Waals surface area (Å²) in [6.45, 7) is 7.52. The van der Waals surface area contributed by atoms with Gasteiger partial charge in [0, 0.05) is 50.7 Å². The van der Waals surface area contributed by atoms with Gasteiger partial charge in [0.05, 0.1) is 12.1 Å². The summed E-state index contributed by atoms with van der Waals surface area (Å²) < 4.78 is 5.34. The fourth-order valence-electron chi connectivity index (χ4n) is 2.84. The van der Waals surface area contributed by atoms with Gasteiger partial charge in [-0.25, -0.2) is 0 Å². The van der Waals surface area contributed by atoms with Crippen LogP contribution in [0.25, 0.3) is 11.5 Å². The first-order valence-electron chi connectivity index (χ1n) is 7.41. The molecule has 1 N–H and O–H groups in total. The molecule has 0 aromatic carbocycles. The highest BCUT2D eigenvalue weighted by molar-refractivity contribution is 7.08. The van der Waals surface area contributed by atoms with Gasteiger partial charge in [0.15, 0.2) is 5.82 Å². The highest BCUT2D eigenvalue weighted by Crippen LogP contribution is 2.20. The largest absolute Gasteiger partial charge is 0.334 e. The van der Waals surface area contributed by atoms with Crippen LogP contribution in [0.4, 0.5) is 0 Å². The van der Waals surface area contributed by atoms with Crippen molar-refractivity contribution in [3.8, 4) is 11.5 Å². The minimum absolute atomic E-state index is 0.630. The Morgan fingerprint density at radius 2 is 2.14 bits per heavy atom. The van der Waals surface area contributed by atoms with Crippen molar-refractivity contribution in [2.45, 2.75) is 12.6 Å². The number of hydrogen-bond acceptors (Lipinski definition) is 7. The van der Waals surface area contributed by atoms with Crippen LogP contribution in [0.3, 0.4) is 0 Å². The van der Waals surface area contributed by atoms with Gasteiger partial charge < -0.3 is 9.84 Å². The summed E-state index contributed by atoms with van der Waals surface area (Å²) in [5.74, 6) is 1.42. The quantitative estimate of drug-likeness (QED) is 0.905. The highest BCUT2D eigenvalue weighted by atomic mass is 32.1. The van der Waals surface area contributed by atoms with Crippen molar-refractivity contribution in [2.24, 2.45) is 0 Å². The van der Waals surface area contributed by atoms with E-state index in [-0.39, 0.29) is 0 Å². The van der Waals surface area contributed by atoms with E-state index >= 15 is 0 Å². The maximum Gasteiger partial charge on any atom is 0.258 e. The van der Waals surface area contributed by atoms with E-state index in [9.17, 15) is 0 Å². The topological polar surface area (TPSA) is 57.4 Å². The predicted molar refractivity (Wildman–Crippen MR) is 81.1 cm³/mol. The second kappa shape index (κ2) is 5.84. The van der Waals surface area contributed by atoms with Crippen LogP contribution in [0.2, 0.25) is 0 Å². The van der Waals surface area contributed by atoms with E-state index in [0.29, 0.717) is 5.89 Å². The Morgan fingerprint density at radius 1 is 1.29 bits per heavy atom. The van der Waals surface area contributed by atoms with Gasteiger partial charge in [-0.1, -0.05) is 5.16 Å². The molecule has 2 aliphatic rings. The van der Waals surface area contributed by atoms with E-state index < -0.39 is 0 Å². The smallest absolute Gasteiger partial charge is 0.258 e. The monoisotopic (exact) mass is 305 g/mol. The molecule has 0 saturated carbocycles. The molecule has 0 spiro atoms. The molecule has 4 heterocycles. The summed E-state index contributed by atoms with van der Waals surface area (Å²) in [6.07, 6.45) is 0. The number of aromatic nitrogens is 2. The first-order valence-corrected chi connectivity index (χ1v) is 8.35. The van der Waals surface area contributed by atoms with Gasteiger partial charge in [0.2, 0.25) is 0 Å². The predicted octanol–water partition coefficient (Wildman–Crippen LogP) is 0.888. The van der Waals surface area contributed by atoms with E-state index in [2.05, 4.69) is 25.3 Å². The molecule has 0 amide bonds. The molecular formula is C14H19N5OS. The Labute approximate surface area is 127 Å². The van der Waals surface area contributed by atoms with Gasteiger partial charge in [-0.05, 0) is 11.4 Å². The highest BCUT2D eigenvalue weighted by Gasteiger charge is 2.28. The van der Waals surface area contributed by atoms with Crippen molar-refractivity contribution in [3.05, 3.63) is 22.7 Å². The van der Waals surface area contributed by atoms with Crippen molar-refractivity contribution in [1.29, 1.82) is 0 Å². The molecule has 0 bridgehead atoms. The molecule has 0 unspecified atom stereocenters. The third-order valence-electron chi connectivity index (χ3n) is 4.28. The fraction of sp³-hybridized carbons (Fsp3) is 0.571. The van der Waals surface area contributed by atoms with Crippen molar-refractivity contribution in [3.63, 3.8) is 0 Å². The van der Waals surface area contributed by atoms with Crippen molar-refractivity contribution in [1.82, 2.24) is 25.3 Å². The van der Waals surface area contributed by atoms with Gasteiger partial charge >= 0.3 is 0 Å². The number of nitrogens with one attached hydrogen (secondary N) is 1. The van der Waals surface area contributed by atoms with Crippen LogP contribution in [-0.2, 0) is 6.54 Å². The minimum atomic E-state index is 0.630. The molecule has 21 heavy (non-hydrogen) atoms. The van der Waals surface area contributed by atoms with E-state index in [1.54, 1.807) is 11.3 Å². The van der Waals surface area contributed by atoms with Gasteiger partial charge in [-0.15, -0.1) is 0 Å². The van der Waals surface area contributed by atoms with Crippen LogP contribution >= 0.6 is 11.3 Å². The summed E-state index contributed by atoms with van der Waals surface area (Å²) in [6, 6.07) is 2.76. The lowest BCUT2D eigenvalue weighted by Gasteiger charge is -2.43. The molecule has 4 rings (SSSR count). The lowest BCUT2D eigenvalue weighted by atomic mass is 10.1. The van der Waals surface area contributed by atoms with Gasteiger partial charge in [0.1, 0.15) is 0 Å². The zero-order valence-electron chi connectivity index (χ0n) is 11.9. The minimum Gasteiger partial charge on any atom is -0.334 e. The first-order chi connectivity index (χ1) is 10.4. The van der Waals surface area contributed by atoms with E-state index in [1.807, 2.05) is 16.8 Å². The van der Waals surface area contributed by atoms with Crippen LogP contribution < -0.4 is 5.32 Å². The molecule has 2 aliphatic heterocycles. The van der Waals surface area contributed by atoms with E-state index in [4.69, 9.17) is 4.52 Å². The Hall–Kier alpha value is -1.28. The molecule has 7 heteroatoms. The van der Waals surface area contributed by atoms with Crippen LogP contribution in [0.15, 0.2) is 21.3 Å². The van der Waals surface area contributed by atoms with Crippen LogP contribution in [0.1, 0.15) is 5.82 Å². The molecule has 2 fully saturated rings. The third-order valence-corrected chi connectivity index (χ3v) is 4.97. The molecule has 2 saturated heterocycles. The van der Waals surface area contributed by atoms with Gasteiger partial charge in [-0.2, -0.15) is 16.3 Å². The molecule has 0 aliphatic carbocycles. The van der Waals surface area contributed by atoms with Crippen LogP contribution in [0, 0.1) is 0 Å². The summed E-state index contributed by atoms with van der Waals surface area (Å²) in [7, 11) is 0. The Balaban J connectivity index is 1.32. The van der Waals surface area contributed by atoms with Gasteiger partial charge in [-0.3, -0.25) is 9.80 Å². The summed E-state index contributed by atoms with van der Waals surface area (Å²) in [5, 5.41) is 11.5. The number of piperazine rings is 1. The van der Waals surface area contributed by atoms with E-state index in [0.717, 1.165) is 63.2 Å². The summed E-state index contributed by atoms with van der Waals surface area (Å²) >= 11 is 1.64. The number of hydrogen-bond donors (Lipinski definition) is 1. The average Bonchev–Trinajstić information content (AvgIpc) is 3.09. The van der Waals surface area contributed by atoms with Crippen molar-refractivity contribution >= 4 is 11.3 Å². The maximum atomic E-state index is 5.34. The van der Waals surface area contributed by atoms with Crippen molar-refractivity contribution < 1.29 is 4.52 Å². The van der Waals surface area contributed by atoms with Crippen LogP contribution in [-0.4, -0.2) is 65.3 Å². The zero-order valence-corrected chi connectivity index (χ0v) is 12.7. The number of rotatable bonds is 4. The van der Waals surface area contributed by atoms with Crippen LogP contribution in [0.5, 0.6) is 0 Å². The molecule has 0 radical (unpaired) electrons. The molecule has 112 valence electrons. The Morgan fingerprint density at radius 3 is 2.81 bits per heavy atom. The maximum absolute atomic E-state index is 5.34. The average molecular weight is 305 g/mol. The normalized spacial score (nSPS) is 21.5. The lowest BCUT2D eigenvalue weighted by molar-refractivity contribution is 0.0681. The molecular weight excluding hydrogens is 286 g/mol. The standard InChI is InChI=1S/C14H19N5OS/c1-6-21-10-11(1)14-16-13(17-20-14)9-18-2-4-19(5-3-18)12-7-15-8-12/h1,6,10,12,15H,2-5,7-9H2. The number of nitrogens with zero attached hydrogens (tertiary/aromatic N) is 4. The first kappa shape index (κ1) is 13.4. The molecule has 2 aromatic heterocycles.